The summed E-state index contributed by atoms with van der Waals surface area (Å²) in [5, 5.41) is 3.06. The molecule has 2 aliphatic rings. The molecule has 1 unspecified atom stereocenters. The third-order valence-electron chi connectivity index (χ3n) is 5.64. The first-order chi connectivity index (χ1) is 12.2. The highest BCUT2D eigenvalue weighted by atomic mass is 16.2. The highest BCUT2D eigenvalue weighted by Crippen LogP contribution is 2.28. The molecule has 1 atom stereocenters. The van der Waals surface area contributed by atoms with Crippen LogP contribution in [0.3, 0.4) is 0 Å². The molecule has 0 bridgehead atoms. The highest BCUT2D eigenvalue weighted by molar-refractivity contribution is 5.89. The van der Waals surface area contributed by atoms with Gasteiger partial charge in [0.25, 0.3) is 0 Å². The van der Waals surface area contributed by atoms with Gasteiger partial charge in [0, 0.05) is 13.1 Å². The van der Waals surface area contributed by atoms with Crippen molar-refractivity contribution in [1.29, 1.82) is 0 Å². The fourth-order valence-electron chi connectivity index (χ4n) is 4.23. The van der Waals surface area contributed by atoms with Gasteiger partial charge in [-0.15, -0.1) is 0 Å². The molecule has 136 valence electrons. The average molecular weight is 342 g/mol. The first kappa shape index (κ1) is 18.0. The molecule has 0 spiro atoms. The molecule has 3 rings (SSSR count). The van der Waals surface area contributed by atoms with E-state index in [0.29, 0.717) is 13.0 Å². The molecule has 1 heterocycles. The van der Waals surface area contributed by atoms with Crippen LogP contribution in [0.4, 0.5) is 0 Å². The molecule has 25 heavy (non-hydrogen) atoms. The van der Waals surface area contributed by atoms with E-state index >= 15 is 0 Å². The summed E-state index contributed by atoms with van der Waals surface area (Å²) in [6.07, 6.45) is 9.83. The van der Waals surface area contributed by atoms with E-state index in [-0.39, 0.29) is 17.9 Å². The predicted octanol–water partition coefficient (Wildman–Crippen LogP) is 3.31. The van der Waals surface area contributed by atoms with Crippen LogP contribution in [0.5, 0.6) is 0 Å². The number of benzene rings is 1. The van der Waals surface area contributed by atoms with Crippen molar-refractivity contribution >= 4 is 11.8 Å². The zero-order valence-electron chi connectivity index (χ0n) is 15.1. The SMILES string of the molecule is O=C(NCCCC1CCCC1)C1CCCN1C(=O)Cc1ccccc1. The van der Waals surface area contributed by atoms with Gasteiger partial charge in [0.15, 0.2) is 0 Å². The quantitative estimate of drug-likeness (QED) is 0.773. The Labute approximate surface area is 151 Å². The number of amides is 2. The summed E-state index contributed by atoms with van der Waals surface area (Å²) in [4.78, 5) is 26.9. The molecule has 4 heteroatoms. The van der Waals surface area contributed by atoms with Crippen molar-refractivity contribution in [3.05, 3.63) is 35.9 Å². The lowest BCUT2D eigenvalue weighted by Crippen LogP contribution is -2.46. The van der Waals surface area contributed by atoms with E-state index in [1.165, 1.54) is 32.1 Å². The standard InChI is InChI=1S/C21H30N2O2/c24-20(16-18-10-2-1-3-11-18)23-15-7-13-19(23)21(25)22-14-6-12-17-8-4-5-9-17/h1-3,10-11,17,19H,4-9,12-16H2,(H,22,25). The summed E-state index contributed by atoms with van der Waals surface area (Å²) in [5.41, 5.74) is 1.01. The lowest BCUT2D eigenvalue weighted by atomic mass is 10.0. The molecule has 2 amide bonds. The van der Waals surface area contributed by atoms with Gasteiger partial charge >= 0.3 is 0 Å². The van der Waals surface area contributed by atoms with Crippen molar-refractivity contribution in [2.45, 2.75) is 63.8 Å². The van der Waals surface area contributed by atoms with Crippen LogP contribution >= 0.6 is 0 Å². The minimum atomic E-state index is -0.275. The highest BCUT2D eigenvalue weighted by Gasteiger charge is 2.33. The number of nitrogens with one attached hydrogen (secondary N) is 1. The minimum Gasteiger partial charge on any atom is -0.354 e. The largest absolute Gasteiger partial charge is 0.354 e. The zero-order valence-corrected chi connectivity index (χ0v) is 15.1. The summed E-state index contributed by atoms with van der Waals surface area (Å²) < 4.78 is 0. The van der Waals surface area contributed by atoms with Crippen molar-refractivity contribution in [2.24, 2.45) is 5.92 Å². The van der Waals surface area contributed by atoms with Crippen molar-refractivity contribution in [3.8, 4) is 0 Å². The van der Waals surface area contributed by atoms with Crippen LogP contribution in [-0.4, -0.2) is 35.8 Å². The second-order valence-corrected chi connectivity index (χ2v) is 7.49. The van der Waals surface area contributed by atoms with Crippen LogP contribution in [0.2, 0.25) is 0 Å². The van der Waals surface area contributed by atoms with Gasteiger partial charge in [-0.05, 0) is 37.2 Å². The number of hydrogen-bond donors (Lipinski definition) is 1. The number of hydrogen-bond acceptors (Lipinski definition) is 2. The topological polar surface area (TPSA) is 49.4 Å². The molecule has 1 saturated heterocycles. The Balaban J connectivity index is 1.43. The van der Waals surface area contributed by atoms with E-state index in [1.54, 1.807) is 4.90 Å². The van der Waals surface area contributed by atoms with Crippen LogP contribution in [0.1, 0.15) is 56.9 Å². The van der Waals surface area contributed by atoms with Crippen molar-refractivity contribution < 1.29 is 9.59 Å². The Morgan fingerprint density at radius 2 is 1.80 bits per heavy atom. The monoisotopic (exact) mass is 342 g/mol. The van der Waals surface area contributed by atoms with Gasteiger partial charge in [-0.1, -0.05) is 56.0 Å². The molecular weight excluding hydrogens is 312 g/mol. The molecule has 2 fully saturated rings. The smallest absolute Gasteiger partial charge is 0.242 e. The van der Waals surface area contributed by atoms with Gasteiger partial charge in [-0.3, -0.25) is 9.59 Å². The van der Waals surface area contributed by atoms with Crippen LogP contribution in [-0.2, 0) is 16.0 Å². The molecule has 1 aromatic rings. The fraction of sp³-hybridized carbons (Fsp3) is 0.619. The minimum absolute atomic E-state index is 0.0327. The van der Waals surface area contributed by atoms with Gasteiger partial charge < -0.3 is 10.2 Å². The van der Waals surface area contributed by atoms with E-state index in [2.05, 4.69) is 5.32 Å². The predicted molar refractivity (Wildman–Crippen MR) is 99.1 cm³/mol. The molecule has 1 aliphatic heterocycles. The van der Waals surface area contributed by atoms with E-state index in [0.717, 1.165) is 37.3 Å². The normalized spacial score (nSPS) is 20.8. The first-order valence-corrected chi connectivity index (χ1v) is 9.85. The maximum absolute atomic E-state index is 12.6. The van der Waals surface area contributed by atoms with Gasteiger partial charge in [0.1, 0.15) is 6.04 Å². The lowest BCUT2D eigenvalue weighted by molar-refractivity contribution is -0.137. The summed E-state index contributed by atoms with van der Waals surface area (Å²) in [7, 11) is 0. The second kappa shape index (κ2) is 9.02. The van der Waals surface area contributed by atoms with Crippen molar-refractivity contribution in [1.82, 2.24) is 10.2 Å². The Bertz CT molecular complexity index is 567. The van der Waals surface area contributed by atoms with E-state index in [9.17, 15) is 9.59 Å². The molecule has 1 saturated carbocycles. The van der Waals surface area contributed by atoms with E-state index in [4.69, 9.17) is 0 Å². The number of likely N-dealkylation sites (tertiary alicyclic amines) is 1. The molecule has 1 N–H and O–H groups in total. The molecule has 1 aromatic carbocycles. The van der Waals surface area contributed by atoms with Crippen LogP contribution in [0.25, 0.3) is 0 Å². The number of carbonyl (C=O) groups is 2. The molecule has 4 nitrogen and oxygen atoms in total. The van der Waals surface area contributed by atoms with Crippen LogP contribution in [0.15, 0.2) is 30.3 Å². The first-order valence-electron chi connectivity index (χ1n) is 9.85. The Hall–Kier alpha value is -1.84. The number of nitrogens with zero attached hydrogens (tertiary/aromatic N) is 1. The summed E-state index contributed by atoms with van der Waals surface area (Å²) in [5.74, 6) is 0.965. The van der Waals surface area contributed by atoms with Crippen LogP contribution < -0.4 is 5.32 Å². The fourth-order valence-corrected chi connectivity index (χ4v) is 4.23. The Morgan fingerprint density at radius 1 is 1.04 bits per heavy atom. The number of carbonyl (C=O) groups excluding carboxylic acids is 2. The maximum atomic E-state index is 12.6. The lowest BCUT2D eigenvalue weighted by Gasteiger charge is -2.24. The van der Waals surface area contributed by atoms with Gasteiger partial charge in [0.05, 0.1) is 6.42 Å². The third-order valence-corrected chi connectivity index (χ3v) is 5.64. The number of rotatable bonds is 7. The zero-order chi connectivity index (χ0) is 17.5. The summed E-state index contributed by atoms with van der Waals surface area (Å²) in [6.45, 7) is 1.44. The molecule has 0 aromatic heterocycles. The molecular formula is C21H30N2O2. The molecule has 1 aliphatic carbocycles. The van der Waals surface area contributed by atoms with Crippen molar-refractivity contribution in [2.75, 3.05) is 13.1 Å². The maximum Gasteiger partial charge on any atom is 0.242 e. The van der Waals surface area contributed by atoms with Crippen LogP contribution in [0, 0.1) is 5.92 Å². The van der Waals surface area contributed by atoms with Gasteiger partial charge in [0.2, 0.25) is 11.8 Å². The molecule has 0 radical (unpaired) electrons. The average Bonchev–Trinajstić information content (AvgIpc) is 3.31. The second-order valence-electron chi connectivity index (χ2n) is 7.49. The Kier molecular flexibility index (Phi) is 6.48. The van der Waals surface area contributed by atoms with Gasteiger partial charge in [-0.25, -0.2) is 0 Å². The van der Waals surface area contributed by atoms with E-state index in [1.807, 2.05) is 30.3 Å². The van der Waals surface area contributed by atoms with Gasteiger partial charge in [-0.2, -0.15) is 0 Å². The van der Waals surface area contributed by atoms with E-state index < -0.39 is 0 Å². The third kappa shape index (κ3) is 5.07. The summed E-state index contributed by atoms with van der Waals surface area (Å²) >= 11 is 0. The van der Waals surface area contributed by atoms with Crippen molar-refractivity contribution in [3.63, 3.8) is 0 Å². The summed E-state index contributed by atoms with van der Waals surface area (Å²) in [6, 6.07) is 9.49. The Morgan fingerprint density at radius 3 is 2.56 bits per heavy atom.